The van der Waals surface area contributed by atoms with Crippen molar-refractivity contribution in [2.75, 3.05) is 7.11 Å². The van der Waals surface area contributed by atoms with Crippen molar-refractivity contribution in [2.24, 2.45) is 5.10 Å². The molecule has 6 nitrogen and oxygen atoms in total. The van der Waals surface area contributed by atoms with E-state index in [2.05, 4.69) is 5.10 Å². The predicted molar refractivity (Wildman–Crippen MR) is 101 cm³/mol. The van der Waals surface area contributed by atoms with Crippen molar-refractivity contribution < 1.29 is 17.6 Å². The molecule has 1 aliphatic heterocycles. The zero-order valence-electron chi connectivity index (χ0n) is 14.6. The van der Waals surface area contributed by atoms with Crippen LogP contribution in [0.2, 0.25) is 0 Å². The molecule has 0 bridgehead atoms. The standard InChI is InChI=1S/C20H18N2O4S/c1-25-16-11-9-15(10-12-16)19-14-18(20-8-5-13-26-20)21-22(19)27(23,24)17-6-3-2-4-7-17/h2-13,19H,14H2,1H3/t19-/m0/s1. The Bertz CT molecular complexity index is 1040. The van der Waals surface area contributed by atoms with Gasteiger partial charge in [0.2, 0.25) is 0 Å². The number of ether oxygens (including phenoxy) is 1. The molecule has 2 heterocycles. The van der Waals surface area contributed by atoms with Gasteiger partial charge >= 0.3 is 0 Å². The maximum absolute atomic E-state index is 13.2. The van der Waals surface area contributed by atoms with Crippen LogP contribution in [0.5, 0.6) is 5.75 Å². The fourth-order valence-electron chi connectivity index (χ4n) is 3.08. The van der Waals surface area contributed by atoms with E-state index in [1.165, 1.54) is 4.41 Å². The molecule has 0 amide bonds. The van der Waals surface area contributed by atoms with Crippen LogP contribution in [-0.4, -0.2) is 25.7 Å². The van der Waals surface area contributed by atoms with Gasteiger partial charge in [-0.15, -0.1) is 0 Å². The van der Waals surface area contributed by atoms with Crippen LogP contribution in [0.1, 0.15) is 23.8 Å². The van der Waals surface area contributed by atoms with Crippen molar-refractivity contribution in [3.63, 3.8) is 0 Å². The normalized spacial score (nSPS) is 17.0. The van der Waals surface area contributed by atoms with Crippen molar-refractivity contribution in [1.82, 2.24) is 4.41 Å². The minimum absolute atomic E-state index is 0.202. The molecule has 0 aliphatic carbocycles. The minimum atomic E-state index is -3.80. The summed E-state index contributed by atoms with van der Waals surface area (Å²) in [4.78, 5) is 0.202. The first-order valence-corrected chi connectivity index (χ1v) is 9.88. The summed E-state index contributed by atoms with van der Waals surface area (Å²) in [5.74, 6) is 1.28. The van der Waals surface area contributed by atoms with Crippen molar-refractivity contribution in [1.29, 1.82) is 0 Å². The number of hydrogen-bond acceptors (Lipinski definition) is 5. The number of rotatable bonds is 5. The summed E-state index contributed by atoms with van der Waals surface area (Å²) in [7, 11) is -2.21. The van der Waals surface area contributed by atoms with E-state index in [0.717, 1.165) is 5.56 Å². The highest BCUT2D eigenvalue weighted by atomic mass is 32.2. The second kappa shape index (κ2) is 6.92. The Labute approximate surface area is 157 Å². The number of furan rings is 1. The van der Waals surface area contributed by atoms with Crippen molar-refractivity contribution in [3.8, 4) is 5.75 Å². The van der Waals surface area contributed by atoms with E-state index in [1.54, 1.807) is 55.8 Å². The summed E-state index contributed by atoms with van der Waals surface area (Å²) in [6, 6.07) is 18.7. The second-order valence-electron chi connectivity index (χ2n) is 6.11. The van der Waals surface area contributed by atoms with Crippen molar-refractivity contribution >= 4 is 15.7 Å². The topological polar surface area (TPSA) is 72.1 Å². The maximum atomic E-state index is 13.2. The van der Waals surface area contributed by atoms with E-state index < -0.39 is 16.1 Å². The highest BCUT2D eigenvalue weighted by Crippen LogP contribution is 2.37. The third kappa shape index (κ3) is 3.21. The minimum Gasteiger partial charge on any atom is -0.497 e. The third-order valence-electron chi connectivity index (χ3n) is 4.47. The van der Waals surface area contributed by atoms with Crippen LogP contribution in [0.25, 0.3) is 0 Å². The molecule has 1 aliphatic rings. The highest BCUT2D eigenvalue weighted by Gasteiger charge is 2.38. The Morgan fingerprint density at radius 2 is 1.78 bits per heavy atom. The van der Waals surface area contributed by atoms with Gasteiger partial charge in [-0.3, -0.25) is 0 Å². The Morgan fingerprint density at radius 1 is 1.04 bits per heavy atom. The highest BCUT2D eigenvalue weighted by molar-refractivity contribution is 7.89. The largest absolute Gasteiger partial charge is 0.497 e. The average Bonchev–Trinajstić information content (AvgIpc) is 3.39. The van der Waals surface area contributed by atoms with Gasteiger partial charge < -0.3 is 9.15 Å². The van der Waals surface area contributed by atoms with Gasteiger partial charge in [0, 0.05) is 6.42 Å². The summed E-state index contributed by atoms with van der Waals surface area (Å²) < 4.78 is 38.3. The molecule has 0 saturated heterocycles. The number of sulfonamides is 1. The van der Waals surface area contributed by atoms with Gasteiger partial charge in [-0.05, 0) is 42.0 Å². The summed E-state index contributed by atoms with van der Waals surface area (Å²) in [5, 5.41) is 4.42. The first kappa shape index (κ1) is 17.4. The van der Waals surface area contributed by atoms with E-state index in [1.807, 2.05) is 24.3 Å². The molecule has 1 aromatic heterocycles. The fourth-order valence-corrected chi connectivity index (χ4v) is 4.53. The molecule has 0 radical (unpaired) electrons. The number of nitrogens with zero attached hydrogens (tertiary/aromatic N) is 2. The molecule has 7 heteroatoms. The maximum Gasteiger partial charge on any atom is 0.279 e. The lowest BCUT2D eigenvalue weighted by atomic mass is 10.0. The molecule has 1 atom stereocenters. The Hall–Kier alpha value is -3.06. The van der Waals surface area contributed by atoms with Gasteiger partial charge in [-0.2, -0.15) is 17.9 Å². The van der Waals surface area contributed by atoms with Gasteiger partial charge in [0.05, 0.1) is 24.3 Å². The van der Waals surface area contributed by atoms with Crippen LogP contribution < -0.4 is 4.74 Å². The summed E-state index contributed by atoms with van der Waals surface area (Å²) in [5.41, 5.74) is 1.43. The predicted octanol–water partition coefficient (Wildman–Crippen LogP) is 3.83. The average molecular weight is 382 g/mol. The molecule has 0 spiro atoms. The molecule has 0 saturated carbocycles. The Balaban J connectivity index is 1.77. The van der Waals surface area contributed by atoms with Crippen LogP contribution in [0.4, 0.5) is 0 Å². The Morgan fingerprint density at radius 3 is 2.41 bits per heavy atom. The fraction of sp³-hybridized carbons (Fsp3) is 0.150. The van der Waals surface area contributed by atoms with Crippen LogP contribution in [0, 0.1) is 0 Å². The molecular weight excluding hydrogens is 364 g/mol. The van der Waals surface area contributed by atoms with Crippen molar-refractivity contribution in [2.45, 2.75) is 17.4 Å². The summed E-state index contributed by atoms with van der Waals surface area (Å²) in [6.45, 7) is 0. The number of benzene rings is 2. The third-order valence-corrected chi connectivity index (χ3v) is 6.16. The van der Waals surface area contributed by atoms with Crippen molar-refractivity contribution in [3.05, 3.63) is 84.3 Å². The van der Waals surface area contributed by atoms with Gasteiger partial charge in [0.25, 0.3) is 10.0 Å². The molecule has 0 unspecified atom stereocenters. The molecule has 27 heavy (non-hydrogen) atoms. The van der Waals surface area contributed by atoms with E-state index in [9.17, 15) is 8.42 Å². The zero-order chi connectivity index (χ0) is 18.9. The van der Waals surface area contributed by atoms with Gasteiger partial charge in [-0.25, -0.2) is 0 Å². The van der Waals surface area contributed by atoms with Gasteiger partial charge in [0.15, 0.2) is 0 Å². The first-order chi connectivity index (χ1) is 13.1. The molecule has 138 valence electrons. The molecule has 4 rings (SSSR count). The van der Waals surface area contributed by atoms with Crippen LogP contribution in [-0.2, 0) is 10.0 Å². The first-order valence-electron chi connectivity index (χ1n) is 8.44. The van der Waals surface area contributed by atoms with Gasteiger partial charge in [0.1, 0.15) is 17.2 Å². The number of hydrazone groups is 1. The summed E-state index contributed by atoms with van der Waals surface area (Å²) in [6.07, 6.45) is 1.97. The Kier molecular flexibility index (Phi) is 4.45. The van der Waals surface area contributed by atoms with Crippen LogP contribution >= 0.6 is 0 Å². The number of methoxy groups -OCH3 is 1. The SMILES string of the molecule is COc1ccc([C@@H]2CC(c3ccco3)=NN2S(=O)(=O)c2ccccc2)cc1. The van der Waals surface area contributed by atoms with E-state index >= 15 is 0 Å². The lowest BCUT2D eigenvalue weighted by molar-refractivity contribution is 0.370. The quantitative estimate of drug-likeness (QED) is 0.672. The molecule has 3 aromatic rings. The molecule has 0 fully saturated rings. The number of hydrogen-bond donors (Lipinski definition) is 0. The van der Waals surface area contributed by atoms with E-state index in [4.69, 9.17) is 9.15 Å². The lowest BCUT2D eigenvalue weighted by Gasteiger charge is -2.23. The molecular formula is C20H18N2O4S. The smallest absolute Gasteiger partial charge is 0.279 e. The molecule has 0 N–H and O–H groups in total. The van der Waals surface area contributed by atoms with Gasteiger partial charge in [-0.1, -0.05) is 30.3 Å². The van der Waals surface area contributed by atoms with Crippen LogP contribution in [0.3, 0.4) is 0 Å². The lowest BCUT2D eigenvalue weighted by Crippen LogP contribution is -2.27. The monoisotopic (exact) mass is 382 g/mol. The van der Waals surface area contributed by atoms with Crippen LogP contribution in [0.15, 0.2) is 87.4 Å². The van der Waals surface area contributed by atoms with E-state index in [-0.39, 0.29) is 4.90 Å². The summed E-state index contributed by atoms with van der Waals surface area (Å²) >= 11 is 0. The van der Waals surface area contributed by atoms with E-state index in [0.29, 0.717) is 23.6 Å². The molecule has 2 aromatic carbocycles. The second-order valence-corrected chi connectivity index (χ2v) is 7.90. The zero-order valence-corrected chi connectivity index (χ0v) is 15.5.